The summed E-state index contributed by atoms with van der Waals surface area (Å²) in [5.74, 6) is 2.29. The zero-order chi connectivity index (χ0) is 15.4. The van der Waals surface area contributed by atoms with E-state index in [2.05, 4.69) is 29.0 Å². The van der Waals surface area contributed by atoms with Gasteiger partial charge in [0.1, 0.15) is 5.82 Å². The van der Waals surface area contributed by atoms with Gasteiger partial charge in [-0.15, -0.1) is 0 Å². The lowest BCUT2D eigenvalue weighted by molar-refractivity contribution is -0.0203. The van der Waals surface area contributed by atoms with E-state index in [9.17, 15) is 0 Å². The molecule has 0 bridgehead atoms. The van der Waals surface area contributed by atoms with E-state index in [1.807, 2.05) is 12.3 Å². The number of aromatic nitrogens is 2. The smallest absolute Gasteiger partial charge is 0.224 e. The second-order valence-corrected chi connectivity index (χ2v) is 6.76. The topological polar surface area (TPSA) is 50.3 Å². The Morgan fingerprint density at radius 3 is 2.82 bits per heavy atom. The molecule has 2 atom stereocenters. The average molecular weight is 304 g/mol. The predicted molar refractivity (Wildman–Crippen MR) is 89.3 cm³/mol. The van der Waals surface area contributed by atoms with Gasteiger partial charge in [-0.25, -0.2) is 4.98 Å². The van der Waals surface area contributed by atoms with Crippen molar-refractivity contribution in [2.24, 2.45) is 5.92 Å². The predicted octanol–water partition coefficient (Wildman–Crippen LogP) is 3.08. The van der Waals surface area contributed by atoms with Gasteiger partial charge in [0.05, 0.1) is 12.1 Å². The van der Waals surface area contributed by atoms with Crippen LogP contribution in [0, 0.1) is 5.92 Å². The summed E-state index contributed by atoms with van der Waals surface area (Å²) in [5.41, 5.74) is 0. The summed E-state index contributed by atoms with van der Waals surface area (Å²) < 4.78 is 5.94. The first-order chi connectivity index (χ1) is 10.7. The number of hydrogen-bond donors (Lipinski definition) is 1. The van der Waals surface area contributed by atoms with Gasteiger partial charge in [0, 0.05) is 25.9 Å². The number of hydrogen-bond acceptors (Lipinski definition) is 5. The lowest BCUT2D eigenvalue weighted by Gasteiger charge is -2.35. The molecule has 0 spiro atoms. The molecule has 2 aliphatic rings. The highest BCUT2D eigenvalue weighted by molar-refractivity contribution is 5.43. The van der Waals surface area contributed by atoms with Crippen molar-refractivity contribution in [3.63, 3.8) is 0 Å². The van der Waals surface area contributed by atoms with Crippen molar-refractivity contribution in [2.75, 3.05) is 29.9 Å². The summed E-state index contributed by atoms with van der Waals surface area (Å²) in [6, 6.07) is 2.33. The van der Waals surface area contributed by atoms with E-state index < -0.39 is 0 Å². The van der Waals surface area contributed by atoms with Crippen LogP contribution in [0.5, 0.6) is 0 Å². The number of nitrogens with one attached hydrogen (secondary N) is 1. The van der Waals surface area contributed by atoms with Gasteiger partial charge in [0.2, 0.25) is 5.95 Å². The van der Waals surface area contributed by atoms with Crippen LogP contribution < -0.4 is 10.2 Å². The molecule has 0 aliphatic carbocycles. The fourth-order valence-electron chi connectivity index (χ4n) is 3.50. The first kappa shape index (κ1) is 15.5. The molecular formula is C17H28N4O. The van der Waals surface area contributed by atoms with Crippen LogP contribution >= 0.6 is 0 Å². The zero-order valence-electron chi connectivity index (χ0n) is 13.8. The van der Waals surface area contributed by atoms with Crippen LogP contribution in [-0.4, -0.2) is 41.8 Å². The Balaban J connectivity index is 1.68. The Morgan fingerprint density at radius 1 is 1.23 bits per heavy atom. The summed E-state index contributed by atoms with van der Waals surface area (Å²) in [6.07, 6.45) is 8.20. The van der Waals surface area contributed by atoms with Crippen LogP contribution in [0.25, 0.3) is 0 Å². The third-order valence-corrected chi connectivity index (χ3v) is 4.66. The summed E-state index contributed by atoms with van der Waals surface area (Å²) in [7, 11) is 0. The van der Waals surface area contributed by atoms with Gasteiger partial charge in [-0.05, 0) is 44.1 Å². The van der Waals surface area contributed by atoms with Crippen LogP contribution in [0.3, 0.4) is 0 Å². The second kappa shape index (κ2) is 7.27. The molecule has 2 saturated heterocycles. The average Bonchev–Trinajstić information content (AvgIpc) is 2.56. The lowest BCUT2D eigenvalue weighted by Crippen LogP contribution is -2.43. The van der Waals surface area contributed by atoms with Gasteiger partial charge in [0.15, 0.2) is 0 Å². The molecular weight excluding hydrogens is 276 g/mol. The Labute approximate surface area is 133 Å². The van der Waals surface area contributed by atoms with Crippen molar-refractivity contribution >= 4 is 11.8 Å². The molecule has 22 heavy (non-hydrogen) atoms. The molecule has 1 N–H and O–H groups in total. The molecule has 0 saturated carbocycles. The molecule has 0 aromatic carbocycles. The molecule has 5 heteroatoms. The Morgan fingerprint density at radius 2 is 2.05 bits per heavy atom. The summed E-state index contributed by atoms with van der Waals surface area (Å²) in [4.78, 5) is 11.5. The minimum atomic E-state index is 0.246. The molecule has 3 heterocycles. The van der Waals surface area contributed by atoms with Gasteiger partial charge in [-0.2, -0.15) is 4.98 Å². The molecule has 2 fully saturated rings. The van der Waals surface area contributed by atoms with Gasteiger partial charge in [-0.3, -0.25) is 0 Å². The van der Waals surface area contributed by atoms with Crippen molar-refractivity contribution in [1.82, 2.24) is 9.97 Å². The van der Waals surface area contributed by atoms with Crippen LogP contribution in [0.2, 0.25) is 0 Å². The van der Waals surface area contributed by atoms with E-state index in [-0.39, 0.29) is 6.10 Å². The van der Waals surface area contributed by atoms with Gasteiger partial charge in [-0.1, -0.05) is 13.8 Å². The monoisotopic (exact) mass is 304 g/mol. The molecule has 1 aromatic heterocycles. The Kier molecular flexibility index (Phi) is 5.13. The number of rotatable bonds is 4. The van der Waals surface area contributed by atoms with E-state index >= 15 is 0 Å². The van der Waals surface area contributed by atoms with Crippen molar-refractivity contribution in [1.29, 1.82) is 0 Å². The Hall–Kier alpha value is -1.36. The third kappa shape index (κ3) is 3.69. The maximum Gasteiger partial charge on any atom is 0.224 e. The van der Waals surface area contributed by atoms with Gasteiger partial charge >= 0.3 is 0 Å². The Bertz CT molecular complexity index is 473. The molecule has 5 nitrogen and oxygen atoms in total. The lowest BCUT2D eigenvalue weighted by atomic mass is 9.94. The number of piperidine rings is 1. The van der Waals surface area contributed by atoms with Crippen LogP contribution in [0.4, 0.5) is 11.8 Å². The van der Waals surface area contributed by atoms with E-state index in [4.69, 9.17) is 9.72 Å². The van der Waals surface area contributed by atoms with E-state index in [1.165, 1.54) is 19.3 Å². The maximum atomic E-state index is 5.94. The van der Waals surface area contributed by atoms with Crippen molar-refractivity contribution in [2.45, 2.75) is 58.1 Å². The molecule has 2 aliphatic heterocycles. The zero-order valence-corrected chi connectivity index (χ0v) is 13.8. The normalized spacial score (nSPS) is 26.2. The first-order valence-corrected chi connectivity index (χ1v) is 8.70. The molecule has 1 aromatic rings. The number of anilines is 2. The number of nitrogens with zero attached hydrogens (tertiary/aromatic N) is 3. The minimum absolute atomic E-state index is 0.246. The quantitative estimate of drug-likeness (QED) is 0.926. The van der Waals surface area contributed by atoms with Crippen LogP contribution in [0.15, 0.2) is 12.3 Å². The largest absolute Gasteiger partial charge is 0.376 e. The van der Waals surface area contributed by atoms with Crippen molar-refractivity contribution in [3.8, 4) is 0 Å². The highest BCUT2D eigenvalue weighted by atomic mass is 16.5. The SMILES string of the molecule is CC(C)C1OCCCC1Nc1nccc(N2CCCCC2)n1. The number of ether oxygens (including phenoxy) is 1. The van der Waals surface area contributed by atoms with E-state index in [0.717, 1.165) is 44.3 Å². The molecule has 2 unspecified atom stereocenters. The van der Waals surface area contributed by atoms with Crippen molar-refractivity contribution in [3.05, 3.63) is 12.3 Å². The fraction of sp³-hybridized carbons (Fsp3) is 0.765. The molecule has 0 radical (unpaired) electrons. The van der Waals surface area contributed by atoms with Crippen molar-refractivity contribution < 1.29 is 4.74 Å². The van der Waals surface area contributed by atoms with Gasteiger partial charge < -0.3 is 15.0 Å². The second-order valence-electron chi connectivity index (χ2n) is 6.76. The maximum absolute atomic E-state index is 5.94. The summed E-state index contributed by atoms with van der Waals surface area (Å²) in [6.45, 7) is 7.52. The third-order valence-electron chi connectivity index (χ3n) is 4.66. The molecule has 3 rings (SSSR count). The minimum Gasteiger partial charge on any atom is -0.376 e. The van der Waals surface area contributed by atoms with Crippen LogP contribution in [-0.2, 0) is 4.74 Å². The van der Waals surface area contributed by atoms with E-state index in [1.54, 1.807) is 0 Å². The molecule has 122 valence electrons. The standard InChI is InChI=1S/C17H28N4O/c1-13(2)16-14(7-6-12-22-16)19-17-18-9-8-15(20-17)21-10-4-3-5-11-21/h8-9,13-14,16H,3-7,10-12H2,1-2H3,(H,18,19,20). The fourth-order valence-corrected chi connectivity index (χ4v) is 3.50. The highest BCUT2D eigenvalue weighted by Crippen LogP contribution is 2.24. The first-order valence-electron chi connectivity index (χ1n) is 8.70. The highest BCUT2D eigenvalue weighted by Gasteiger charge is 2.29. The molecule has 0 amide bonds. The summed E-state index contributed by atoms with van der Waals surface area (Å²) in [5, 5.41) is 3.52. The van der Waals surface area contributed by atoms with Gasteiger partial charge in [0.25, 0.3) is 0 Å². The van der Waals surface area contributed by atoms with E-state index in [0.29, 0.717) is 12.0 Å². The summed E-state index contributed by atoms with van der Waals surface area (Å²) >= 11 is 0. The van der Waals surface area contributed by atoms with Crippen LogP contribution in [0.1, 0.15) is 46.0 Å².